The van der Waals surface area contributed by atoms with Crippen LogP contribution in [0.2, 0.25) is 0 Å². The van der Waals surface area contributed by atoms with Gasteiger partial charge in [0.1, 0.15) is 10.1 Å². The number of nitrogens with zero attached hydrogens (tertiary/aromatic N) is 1. The standard InChI is InChI=1S/C25H29NO4S2/c1-4-18-8-11-20(12-9-18)29-14-7-15-30-21-13-10-19(16-22(21)28-6-3)17-23-24(27)26(5-2)25(31)32-23/h8-13,16-17H,4-7,14-15H2,1-3H3/b23-17+. The van der Waals surface area contributed by atoms with Crippen molar-refractivity contribution < 1.29 is 19.0 Å². The van der Waals surface area contributed by atoms with Crippen LogP contribution in [0, 0.1) is 0 Å². The Hall–Kier alpha value is -2.51. The fourth-order valence-corrected chi connectivity index (χ4v) is 4.56. The fourth-order valence-electron chi connectivity index (χ4n) is 3.18. The maximum Gasteiger partial charge on any atom is 0.266 e. The number of likely N-dealkylation sites (N-methyl/N-ethyl adjacent to an activating group) is 1. The summed E-state index contributed by atoms with van der Waals surface area (Å²) >= 11 is 6.61. The molecule has 0 saturated carbocycles. The van der Waals surface area contributed by atoms with E-state index < -0.39 is 0 Å². The van der Waals surface area contributed by atoms with Crippen LogP contribution in [0.15, 0.2) is 47.4 Å². The van der Waals surface area contributed by atoms with E-state index in [9.17, 15) is 4.79 Å². The normalized spacial score (nSPS) is 14.8. The van der Waals surface area contributed by atoms with Crippen molar-refractivity contribution in [3.63, 3.8) is 0 Å². The SMILES string of the molecule is CCOc1cc(/C=C2/SC(=S)N(CC)C2=O)ccc1OCCCOc1ccc(CC)cc1. The summed E-state index contributed by atoms with van der Waals surface area (Å²) in [7, 11) is 0. The number of amides is 1. The number of thiocarbonyl (C=S) groups is 1. The minimum absolute atomic E-state index is 0.0508. The van der Waals surface area contributed by atoms with Gasteiger partial charge in [-0.15, -0.1) is 0 Å². The molecule has 3 rings (SSSR count). The van der Waals surface area contributed by atoms with Crippen LogP contribution in [0.4, 0.5) is 0 Å². The van der Waals surface area contributed by atoms with E-state index in [1.807, 2.05) is 50.3 Å². The number of carbonyl (C=O) groups excluding carboxylic acids is 1. The van der Waals surface area contributed by atoms with Crippen LogP contribution in [0.5, 0.6) is 17.2 Å². The predicted molar refractivity (Wildman–Crippen MR) is 135 cm³/mol. The summed E-state index contributed by atoms with van der Waals surface area (Å²) in [5.41, 5.74) is 2.17. The molecule has 0 aromatic heterocycles. The first-order valence-corrected chi connectivity index (χ1v) is 12.1. The Morgan fingerprint density at radius 2 is 1.72 bits per heavy atom. The Morgan fingerprint density at radius 3 is 2.38 bits per heavy atom. The van der Waals surface area contributed by atoms with Crippen LogP contribution in [0.1, 0.15) is 38.3 Å². The van der Waals surface area contributed by atoms with Gasteiger partial charge in [-0.3, -0.25) is 9.69 Å². The van der Waals surface area contributed by atoms with Gasteiger partial charge in [0.15, 0.2) is 11.5 Å². The summed E-state index contributed by atoms with van der Waals surface area (Å²) in [5.74, 6) is 2.15. The van der Waals surface area contributed by atoms with Gasteiger partial charge in [-0.1, -0.05) is 49.1 Å². The molecule has 0 N–H and O–H groups in total. The van der Waals surface area contributed by atoms with E-state index in [0.717, 1.165) is 24.2 Å². The number of hydrogen-bond acceptors (Lipinski definition) is 6. The fraction of sp³-hybridized carbons (Fsp3) is 0.360. The van der Waals surface area contributed by atoms with E-state index in [-0.39, 0.29) is 5.91 Å². The molecule has 170 valence electrons. The van der Waals surface area contributed by atoms with Crippen LogP contribution < -0.4 is 14.2 Å². The molecule has 32 heavy (non-hydrogen) atoms. The molecular formula is C25H29NO4S2. The highest BCUT2D eigenvalue weighted by Crippen LogP contribution is 2.34. The average molecular weight is 472 g/mol. The molecular weight excluding hydrogens is 442 g/mol. The molecule has 1 amide bonds. The van der Waals surface area contributed by atoms with Gasteiger partial charge in [0, 0.05) is 13.0 Å². The molecule has 7 heteroatoms. The lowest BCUT2D eigenvalue weighted by atomic mass is 10.2. The average Bonchev–Trinajstić information content (AvgIpc) is 3.07. The molecule has 1 fully saturated rings. The zero-order valence-corrected chi connectivity index (χ0v) is 20.4. The van der Waals surface area contributed by atoms with Crippen molar-refractivity contribution in [1.29, 1.82) is 0 Å². The summed E-state index contributed by atoms with van der Waals surface area (Å²) in [6, 6.07) is 13.9. The van der Waals surface area contributed by atoms with Gasteiger partial charge in [0.05, 0.1) is 24.7 Å². The van der Waals surface area contributed by atoms with Gasteiger partial charge in [-0.05, 0) is 61.7 Å². The smallest absolute Gasteiger partial charge is 0.266 e. The molecule has 0 bridgehead atoms. The van der Waals surface area contributed by atoms with Gasteiger partial charge in [-0.25, -0.2) is 0 Å². The summed E-state index contributed by atoms with van der Waals surface area (Å²) in [5, 5.41) is 0. The third-order valence-corrected chi connectivity index (χ3v) is 6.28. The molecule has 1 heterocycles. The third-order valence-electron chi connectivity index (χ3n) is 4.90. The van der Waals surface area contributed by atoms with Gasteiger partial charge in [-0.2, -0.15) is 0 Å². The summed E-state index contributed by atoms with van der Waals surface area (Å²) < 4.78 is 18.1. The lowest BCUT2D eigenvalue weighted by molar-refractivity contribution is -0.121. The first kappa shape index (κ1) is 24.1. The number of hydrogen-bond donors (Lipinski definition) is 0. The molecule has 1 saturated heterocycles. The van der Waals surface area contributed by atoms with E-state index in [2.05, 4.69) is 19.1 Å². The lowest BCUT2D eigenvalue weighted by Gasteiger charge is -2.13. The van der Waals surface area contributed by atoms with Crippen molar-refractivity contribution >= 4 is 40.3 Å². The molecule has 2 aromatic rings. The molecule has 0 atom stereocenters. The Morgan fingerprint density at radius 1 is 0.969 bits per heavy atom. The second kappa shape index (κ2) is 11.9. The molecule has 1 aliphatic rings. The van der Waals surface area contributed by atoms with Crippen LogP contribution in [0.25, 0.3) is 6.08 Å². The second-order valence-corrected chi connectivity index (χ2v) is 8.79. The second-order valence-electron chi connectivity index (χ2n) is 7.11. The molecule has 0 aliphatic carbocycles. The first-order valence-electron chi connectivity index (χ1n) is 10.9. The molecule has 0 radical (unpaired) electrons. The van der Waals surface area contributed by atoms with E-state index in [0.29, 0.717) is 47.1 Å². The highest BCUT2D eigenvalue weighted by molar-refractivity contribution is 8.26. The number of aryl methyl sites for hydroxylation is 1. The Bertz CT molecular complexity index is 972. The van der Waals surface area contributed by atoms with Crippen molar-refractivity contribution in [3.05, 3.63) is 58.5 Å². The molecule has 0 unspecified atom stereocenters. The van der Waals surface area contributed by atoms with Gasteiger partial charge >= 0.3 is 0 Å². The number of thioether (sulfide) groups is 1. The largest absolute Gasteiger partial charge is 0.493 e. The van der Waals surface area contributed by atoms with E-state index in [1.165, 1.54) is 17.3 Å². The lowest BCUT2D eigenvalue weighted by Crippen LogP contribution is -2.27. The Kier molecular flexibility index (Phi) is 9.00. The minimum atomic E-state index is -0.0508. The first-order chi connectivity index (χ1) is 15.5. The molecule has 5 nitrogen and oxygen atoms in total. The van der Waals surface area contributed by atoms with Crippen molar-refractivity contribution in [2.24, 2.45) is 0 Å². The quantitative estimate of drug-likeness (QED) is 0.237. The summed E-state index contributed by atoms with van der Waals surface area (Å²) in [4.78, 5) is 14.7. The van der Waals surface area contributed by atoms with Gasteiger partial charge in [0.2, 0.25) is 0 Å². The molecule has 2 aromatic carbocycles. The molecule has 1 aliphatic heterocycles. The number of ether oxygens (including phenoxy) is 3. The van der Waals surface area contributed by atoms with Crippen LogP contribution in [-0.4, -0.2) is 41.5 Å². The summed E-state index contributed by atoms with van der Waals surface area (Å²) in [6.07, 6.45) is 3.62. The van der Waals surface area contributed by atoms with Gasteiger partial charge in [0.25, 0.3) is 5.91 Å². The van der Waals surface area contributed by atoms with E-state index >= 15 is 0 Å². The maximum atomic E-state index is 12.4. The Labute approximate surface area is 199 Å². The van der Waals surface area contributed by atoms with Crippen LogP contribution in [-0.2, 0) is 11.2 Å². The third kappa shape index (κ3) is 6.26. The highest BCUT2D eigenvalue weighted by atomic mass is 32.2. The van der Waals surface area contributed by atoms with Crippen LogP contribution >= 0.6 is 24.0 Å². The van der Waals surface area contributed by atoms with Crippen molar-refractivity contribution in [3.8, 4) is 17.2 Å². The van der Waals surface area contributed by atoms with Crippen molar-refractivity contribution in [1.82, 2.24) is 4.90 Å². The number of benzene rings is 2. The maximum absolute atomic E-state index is 12.4. The molecule has 0 spiro atoms. The van der Waals surface area contributed by atoms with Crippen LogP contribution in [0.3, 0.4) is 0 Å². The topological polar surface area (TPSA) is 48.0 Å². The highest BCUT2D eigenvalue weighted by Gasteiger charge is 2.30. The monoisotopic (exact) mass is 471 g/mol. The summed E-state index contributed by atoms with van der Waals surface area (Å²) in [6.45, 7) is 8.17. The van der Waals surface area contributed by atoms with Crippen molar-refractivity contribution in [2.75, 3.05) is 26.4 Å². The minimum Gasteiger partial charge on any atom is -0.493 e. The zero-order valence-electron chi connectivity index (χ0n) is 18.8. The van der Waals surface area contributed by atoms with Gasteiger partial charge < -0.3 is 14.2 Å². The van der Waals surface area contributed by atoms with Crippen molar-refractivity contribution in [2.45, 2.75) is 33.6 Å². The van der Waals surface area contributed by atoms with E-state index in [4.69, 9.17) is 26.4 Å². The number of rotatable bonds is 11. The predicted octanol–water partition coefficient (Wildman–Crippen LogP) is 5.72. The zero-order chi connectivity index (χ0) is 22.9. The Balaban J connectivity index is 1.56. The number of carbonyl (C=O) groups is 1. The van der Waals surface area contributed by atoms with E-state index in [1.54, 1.807) is 4.90 Å².